The van der Waals surface area contributed by atoms with E-state index in [-0.39, 0.29) is 6.61 Å². The summed E-state index contributed by atoms with van der Waals surface area (Å²) in [4.78, 5) is 2.50. The average Bonchev–Trinajstić information content (AvgIpc) is 2.36. The Hall–Kier alpha value is -0.900. The Morgan fingerprint density at radius 1 is 1.33 bits per heavy atom. The van der Waals surface area contributed by atoms with Gasteiger partial charge in [0, 0.05) is 38.3 Å². The fraction of sp³-hybridized carbons (Fsp3) is 0.600. The van der Waals surface area contributed by atoms with Gasteiger partial charge in [-0.15, -0.1) is 0 Å². The minimum absolute atomic E-state index is 0.268. The van der Waals surface area contributed by atoms with Crippen molar-refractivity contribution in [2.45, 2.75) is 38.9 Å². The molecule has 2 unspecified atom stereocenters. The van der Waals surface area contributed by atoms with Crippen LogP contribution in [0, 0.1) is 6.92 Å². The highest BCUT2D eigenvalue weighted by Gasteiger charge is 2.24. The summed E-state index contributed by atoms with van der Waals surface area (Å²) < 4.78 is 0. The van der Waals surface area contributed by atoms with Crippen molar-refractivity contribution in [2.24, 2.45) is 0 Å². The minimum Gasteiger partial charge on any atom is -0.396 e. The summed E-state index contributed by atoms with van der Waals surface area (Å²) in [5.41, 5.74) is 2.68. The molecule has 0 aliphatic carbocycles. The molecule has 1 aliphatic heterocycles. The van der Waals surface area contributed by atoms with E-state index in [0.29, 0.717) is 12.1 Å². The average molecular weight is 248 g/mol. The molecule has 100 valence electrons. The molecule has 2 rings (SSSR count). The summed E-state index contributed by atoms with van der Waals surface area (Å²) >= 11 is 0. The van der Waals surface area contributed by atoms with Gasteiger partial charge in [-0.3, -0.25) is 4.90 Å². The number of aryl methyl sites for hydroxylation is 1. The summed E-state index contributed by atoms with van der Waals surface area (Å²) in [6.45, 7) is 7.69. The predicted molar refractivity (Wildman–Crippen MR) is 74.5 cm³/mol. The minimum atomic E-state index is 0.268. The van der Waals surface area contributed by atoms with Crippen molar-refractivity contribution < 1.29 is 5.11 Å². The third kappa shape index (κ3) is 3.55. The number of piperazine rings is 1. The molecule has 1 aliphatic rings. The van der Waals surface area contributed by atoms with Crippen LogP contribution in [0.3, 0.4) is 0 Å². The maximum absolute atomic E-state index is 9.03. The predicted octanol–water partition coefficient (Wildman–Crippen LogP) is 1.54. The van der Waals surface area contributed by atoms with Gasteiger partial charge in [-0.1, -0.05) is 29.8 Å². The summed E-state index contributed by atoms with van der Waals surface area (Å²) in [5, 5.41) is 12.5. The van der Waals surface area contributed by atoms with Crippen LogP contribution in [0.5, 0.6) is 0 Å². The molecule has 2 N–H and O–H groups in total. The van der Waals surface area contributed by atoms with Gasteiger partial charge in [0.05, 0.1) is 0 Å². The van der Waals surface area contributed by atoms with Crippen molar-refractivity contribution in [3.05, 3.63) is 35.4 Å². The zero-order valence-corrected chi connectivity index (χ0v) is 11.4. The van der Waals surface area contributed by atoms with E-state index in [4.69, 9.17) is 5.11 Å². The second kappa shape index (κ2) is 6.32. The second-order valence-electron chi connectivity index (χ2n) is 5.38. The van der Waals surface area contributed by atoms with Gasteiger partial charge in [-0.25, -0.2) is 0 Å². The van der Waals surface area contributed by atoms with Crippen LogP contribution >= 0.6 is 0 Å². The van der Waals surface area contributed by atoms with Crippen LogP contribution in [0.25, 0.3) is 0 Å². The van der Waals surface area contributed by atoms with E-state index in [9.17, 15) is 0 Å². The van der Waals surface area contributed by atoms with Crippen LogP contribution in [0.4, 0.5) is 0 Å². The van der Waals surface area contributed by atoms with Gasteiger partial charge in [0.15, 0.2) is 0 Å². The first kappa shape index (κ1) is 13.5. The SMILES string of the molecule is Cc1ccc(CN2CC(CCO)NCC2C)cc1. The Morgan fingerprint density at radius 3 is 2.72 bits per heavy atom. The highest BCUT2D eigenvalue weighted by molar-refractivity contribution is 5.21. The first-order valence-corrected chi connectivity index (χ1v) is 6.83. The first-order valence-electron chi connectivity index (χ1n) is 6.83. The van der Waals surface area contributed by atoms with E-state index in [1.165, 1.54) is 11.1 Å². The van der Waals surface area contributed by atoms with Gasteiger partial charge >= 0.3 is 0 Å². The Balaban J connectivity index is 1.95. The van der Waals surface area contributed by atoms with Crippen LogP contribution in [-0.4, -0.2) is 41.8 Å². The molecule has 0 saturated carbocycles. The number of benzene rings is 1. The molecular formula is C15H24N2O. The van der Waals surface area contributed by atoms with Crippen LogP contribution in [-0.2, 0) is 6.54 Å². The highest BCUT2D eigenvalue weighted by atomic mass is 16.3. The summed E-state index contributed by atoms with van der Waals surface area (Å²) in [7, 11) is 0. The smallest absolute Gasteiger partial charge is 0.0446 e. The maximum Gasteiger partial charge on any atom is 0.0446 e. The molecule has 0 spiro atoms. The molecule has 3 heteroatoms. The van der Waals surface area contributed by atoms with Crippen LogP contribution in [0.2, 0.25) is 0 Å². The van der Waals surface area contributed by atoms with Crippen LogP contribution in [0.15, 0.2) is 24.3 Å². The van der Waals surface area contributed by atoms with Crippen LogP contribution < -0.4 is 5.32 Å². The Morgan fingerprint density at radius 2 is 2.06 bits per heavy atom. The summed E-state index contributed by atoms with van der Waals surface area (Å²) in [5.74, 6) is 0. The van der Waals surface area contributed by atoms with Crippen molar-refractivity contribution in [3.8, 4) is 0 Å². The fourth-order valence-corrected chi connectivity index (χ4v) is 2.49. The van der Waals surface area contributed by atoms with Gasteiger partial charge in [0.2, 0.25) is 0 Å². The third-order valence-electron chi connectivity index (χ3n) is 3.76. The molecule has 0 aromatic heterocycles. The summed E-state index contributed by atoms with van der Waals surface area (Å²) in [6.07, 6.45) is 0.844. The van der Waals surface area contributed by atoms with Gasteiger partial charge in [0.25, 0.3) is 0 Å². The molecule has 2 atom stereocenters. The molecule has 3 nitrogen and oxygen atoms in total. The standard InChI is InChI=1S/C15H24N2O/c1-12-3-5-14(6-4-12)10-17-11-15(7-8-18)16-9-13(17)2/h3-6,13,15-16,18H,7-11H2,1-2H3. The van der Waals surface area contributed by atoms with Gasteiger partial charge in [-0.05, 0) is 25.8 Å². The third-order valence-corrected chi connectivity index (χ3v) is 3.76. The van der Waals surface area contributed by atoms with Crippen LogP contribution in [0.1, 0.15) is 24.5 Å². The van der Waals surface area contributed by atoms with E-state index < -0.39 is 0 Å². The lowest BCUT2D eigenvalue weighted by Crippen LogP contribution is -2.55. The molecule has 18 heavy (non-hydrogen) atoms. The molecule has 1 fully saturated rings. The van der Waals surface area contributed by atoms with E-state index in [1.807, 2.05) is 0 Å². The summed E-state index contributed by atoms with van der Waals surface area (Å²) in [6, 6.07) is 9.76. The van der Waals surface area contributed by atoms with E-state index >= 15 is 0 Å². The lowest BCUT2D eigenvalue weighted by Gasteiger charge is -2.38. The second-order valence-corrected chi connectivity index (χ2v) is 5.38. The molecule has 1 saturated heterocycles. The number of aliphatic hydroxyl groups is 1. The lowest BCUT2D eigenvalue weighted by atomic mass is 10.1. The van der Waals surface area contributed by atoms with Crippen molar-refractivity contribution >= 4 is 0 Å². The Kier molecular flexibility index (Phi) is 4.75. The lowest BCUT2D eigenvalue weighted by molar-refractivity contribution is 0.120. The Labute approximate surface area is 110 Å². The van der Waals surface area contributed by atoms with Crippen molar-refractivity contribution in [1.29, 1.82) is 0 Å². The van der Waals surface area contributed by atoms with Crippen molar-refractivity contribution in [2.75, 3.05) is 19.7 Å². The van der Waals surface area contributed by atoms with Crippen molar-refractivity contribution in [3.63, 3.8) is 0 Å². The maximum atomic E-state index is 9.03. The normalized spacial score (nSPS) is 25.3. The number of aliphatic hydroxyl groups excluding tert-OH is 1. The van der Waals surface area contributed by atoms with Gasteiger partial charge in [0.1, 0.15) is 0 Å². The Bertz CT molecular complexity index is 363. The molecule has 1 heterocycles. The number of hydrogen-bond donors (Lipinski definition) is 2. The zero-order valence-electron chi connectivity index (χ0n) is 11.4. The monoisotopic (exact) mass is 248 g/mol. The highest BCUT2D eigenvalue weighted by Crippen LogP contribution is 2.14. The number of rotatable bonds is 4. The molecular weight excluding hydrogens is 224 g/mol. The van der Waals surface area contributed by atoms with E-state index in [0.717, 1.165) is 26.1 Å². The molecule has 0 amide bonds. The zero-order chi connectivity index (χ0) is 13.0. The van der Waals surface area contributed by atoms with Crippen molar-refractivity contribution in [1.82, 2.24) is 10.2 Å². The topological polar surface area (TPSA) is 35.5 Å². The first-order chi connectivity index (χ1) is 8.69. The van der Waals surface area contributed by atoms with Gasteiger partial charge in [-0.2, -0.15) is 0 Å². The quantitative estimate of drug-likeness (QED) is 0.848. The number of nitrogens with zero attached hydrogens (tertiary/aromatic N) is 1. The molecule has 1 aromatic carbocycles. The molecule has 0 radical (unpaired) electrons. The fourth-order valence-electron chi connectivity index (χ4n) is 2.49. The van der Waals surface area contributed by atoms with Gasteiger partial charge < -0.3 is 10.4 Å². The van der Waals surface area contributed by atoms with E-state index in [2.05, 4.69) is 48.3 Å². The number of hydrogen-bond acceptors (Lipinski definition) is 3. The largest absolute Gasteiger partial charge is 0.396 e. The number of nitrogens with one attached hydrogen (secondary N) is 1. The van der Waals surface area contributed by atoms with E-state index in [1.54, 1.807) is 0 Å². The molecule has 1 aromatic rings. The molecule has 0 bridgehead atoms.